The van der Waals surface area contributed by atoms with Crippen LogP contribution in [0.3, 0.4) is 0 Å². The quantitative estimate of drug-likeness (QED) is 0.452. The molecule has 2 aromatic heterocycles. The lowest BCUT2D eigenvalue weighted by Gasteiger charge is -2.13. The van der Waals surface area contributed by atoms with E-state index in [1.165, 1.54) is 11.8 Å². The molecule has 1 N–H and O–H groups in total. The van der Waals surface area contributed by atoms with Gasteiger partial charge in [-0.2, -0.15) is 5.10 Å². The number of nitrogens with zero attached hydrogens (tertiary/aromatic N) is 4. The smallest absolute Gasteiger partial charge is 0.265 e. The van der Waals surface area contributed by atoms with E-state index >= 15 is 0 Å². The van der Waals surface area contributed by atoms with Gasteiger partial charge >= 0.3 is 0 Å². The van der Waals surface area contributed by atoms with Crippen LogP contribution in [-0.2, 0) is 11.3 Å². The molecule has 32 heavy (non-hydrogen) atoms. The van der Waals surface area contributed by atoms with Crippen molar-refractivity contribution < 1.29 is 4.79 Å². The zero-order valence-corrected chi connectivity index (χ0v) is 18.9. The largest absolute Gasteiger partial charge is 0.352 e. The highest BCUT2D eigenvalue weighted by atomic mass is 35.5. The van der Waals surface area contributed by atoms with Crippen molar-refractivity contribution in [3.63, 3.8) is 0 Å². The Hall–Kier alpha value is -3.10. The molecular weight excluding hydrogens is 446 g/mol. The normalized spacial score (nSPS) is 15.1. The molecule has 0 radical (unpaired) electrons. The first-order valence-corrected chi connectivity index (χ1v) is 11.6. The van der Waals surface area contributed by atoms with Gasteiger partial charge in [-0.25, -0.2) is 9.67 Å². The van der Waals surface area contributed by atoms with Crippen LogP contribution in [0.25, 0.3) is 16.7 Å². The van der Waals surface area contributed by atoms with Crippen LogP contribution in [0.2, 0.25) is 5.02 Å². The van der Waals surface area contributed by atoms with E-state index in [0.29, 0.717) is 33.5 Å². The van der Waals surface area contributed by atoms with Gasteiger partial charge in [-0.15, -0.1) is 0 Å². The minimum atomic E-state index is -0.243. The van der Waals surface area contributed by atoms with Gasteiger partial charge in [0, 0.05) is 23.7 Å². The minimum absolute atomic E-state index is 0.110. The first kappa shape index (κ1) is 20.8. The number of aromatic nitrogens is 4. The molecule has 162 valence electrons. The summed E-state index contributed by atoms with van der Waals surface area (Å²) in [5.41, 5.74) is 3.33. The number of carbonyl (C=O) groups is 1. The number of carbonyl (C=O) groups excluding carboxylic acids is 1. The van der Waals surface area contributed by atoms with E-state index in [0.717, 1.165) is 16.8 Å². The lowest BCUT2D eigenvalue weighted by atomic mass is 10.2. The van der Waals surface area contributed by atoms with Crippen LogP contribution in [0.15, 0.2) is 64.7 Å². The van der Waals surface area contributed by atoms with Crippen molar-refractivity contribution in [2.24, 2.45) is 0 Å². The molecule has 5 rings (SSSR count). The molecule has 9 heteroatoms. The van der Waals surface area contributed by atoms with Crippen molar-refractivity contribution in [1.82, 2.24) is 24.6 Å². The number of hydrogen-bond donors (Lipinski definition) is 1. The van der Waals surface area contributed by atoms with Crippen LogP contribution in [0, 0.1) is 6.92 Å². The van der Waals surface area contributed by atoms with Crippen molar-refractivity contribution in [3.05, 3.63) is 81.2 Å². The van der Waals surface area contributed by atoms with Gasteiger partial charge in [0.2, 0.25) is 5.91 Å². The SMILES string of the molecule is Cc1ccc(-n2ncc3c(=O)n4c(nc32)SCC4CC(=O)NCc2ccc(Cl)cc2)cc1. The molecule has 0 saturated carbocycles. The third kappa shape index (κ3) is 3.91. The van der Waals surface area contributed by atoms with Gasteiger partial charge < -0.3 is 5.32 Å². The fourth-order valence-electron chi connectivity index (χ4n) is 3.74. The van der Waals surface area contributed by atoms with Gasteiger partial charge in [-0.05, 0) is 36.8 Å². The predicted molar refractivity (Wildman–Crippen MR) is 126 cm³/mol. The zero-order valence-electron chi connectivity index (χ0n) is 17.3. The second kappa shape index (κ2) is 8.44. The predicted octanol–water partition coefficient (Wildman–Crippen LogP) is 3.90. The molecule has 1 unspecified atom stereocenters. The fraction of sp³-hybridized carbons (Fsp3) is 0.217. The Morgan fingerprint density at radius 2 is 1.94 bits per heavy atom. The van der Waals surface area contributed by atoms with Crippen molar-refractivity contribution >= 4 is 40.3 Å². The number of benzene rings is 2. The zero-order chi connectivity index (χ0) is 22.2. The van der Waals surface area contributed by atoms with E-state index < -0.39 is 0 Å². The van der Waals surface area contributed by atoms with E-state index in [1.54, 1.807) is 27.6 Å². The van der Waals surface area contributed by atoms with E-state index in [-0.39, 0.29) is 23.9 Å². The number of nitrogens with one attached hydrogen (secondary N) is 1. The summed E-state index contributed by atoms with van der Waals surface area (Å²) < 4.78 is 3.32. The number of rotatable bonds is 5. The molecule has 7 nitrogen and oxygen atoms in total. The molecule has 0 saturated heterocycles. The van der Waals surface area contributed by atoms with Gasteiger partial charge in [0.05, 0.1) is 17.9 Å². The molecule has 1 amide bonds. The summed E-state index contributed by atoms with van der Waals surface area (Å²) in [5, 5.41) is 9.04. The second-order valence-electron chi connectivity index (χ2n) is 7.77. The first-order chi connectivity index (χ1) is 15.5. The van der Waals surface area contributed by atoms with Crippen LogP contribution in [0.1, 0.15) is 23.6 Å². The molecule has 0 bridgehead atoms. The summed E-state index contributed by atoms with van der Waals surface area (Å²) in [6, 6.07) is 15.0. The number of hydrogen-bond acceptors (Lipinski definition) is 5. The Bertz CT molecular complexity index is 1360. The van der Waals surface area contributed by atoms with Gasteiger partial charge in [0.1, 0.15) is 5.39 Å². The van der Waals surface area contributed by atoms with Gasteiger partial charge in [-0.3, -0.25) is 14.2 Å². The molecule has 1 aliphatic rings. The number of halogens is 1. The number of fused-ring (bicyclic) bond motifs is 2. The number of amides is 1. The van der Waals surface area contributed by atoms with Crippen molar-refractivity contribution in [2.75, 3.05) is 5.75 Å². The Labute approximate surface area is 193 Å². The number of thioether (sulfide) groups is 1. The maximum atomic E-state index is 13.2. The molecule has 1 aliphatic heterocycles. The Balaban J connectivity index is 1.37. The standard InChI is InChI=1S/C23H20ClN5O2S/c1-14-2-8-17(9-3-14)29-21-19(12-26-29)22(31)28-18(13-32-23(28)27-21)10-20(30)25-11-15-4-6-16(24)7-5-15/h2-9,12,18H,10-11,13H2,1H3,(H,25,30). The van der Waals surface area contributed by atoms with Crippen LogP contribution in [0.5, 0.6) is 0 Å². The molecule has 2 aromatic carbocycles. The van der Waals surface area contributed by atoms with E-state index in [1.807, 2.05) is 43.3 Å². The summed E-state index contributed by atoms with van der Waals surface area (Å²) in [6.45, 7) is 2.43. The van der Waals surface area contributed by atoms with Crippen LogP contribution < -0.4 is 10.9 Å². The lowest BCUT2D eigenvalue weighted by molar-refractivity contribution is -0.121. The summed E-state index contributed by atoms with van der Waals surface area (Å²) in [5.74, 6) is 0.516. The summed E-state index contributed by atoms with van der Waals surface area (Å²) in [7, 11) is 0. The van der Waals surface area contributed by atoms with E-state index in [9.17, 15) is 9.59 Å². The minimum Gasteiger partial charge on any atom is -0.352 e. The number of aryl methyl sites for hydroxylation is 1. The lowest BCUT2D eigenvalue weighted by Crippen LogP contribution is -2.30. The Morgan fingerprint density at radius 1 is 1.19 bits per heavy atom. The highest BCUT2D eigenvalue weighted by Crippen LogP contribution is 2.33. The van der Waals surface area contributed by atoms with Crippen LogP contribution >= 0.6 is 23.4 Å². The molecule has 0 fully saturated rings. The molecular formula is C23H20ClN5O2S. The van der Waals surface area contributed by atoms with E-state index in [2.05, 4.69) is 10.4 Å². The average Bonchev–Trinajstić information content (AvgIpc) is 3.39. The van der Waals surface area contributed by atoms with Crippen molar-refractivity contribution in [3.8, 4) is 5.69 Å². The topological polar surface area (TPSA) is 81.8 Å². The van der Waals surface area contributed by atoms with Gasteiger partial charge in [0.25, 0.3) is 5.56 Å². The second-order valence-corrected chi connectivity index (χ2v) is 9.19. The van der Waals surface area contributed by atoms with Crippen molar-refractivity contribution in [1.29, 1.82) is 0 Å². The van der Waals surface area contributed by atoms with Crippen LogP contribution in [0.4, 0.5) is 0 Å². The summed E-state index contributed by atoms with van der Waals surface area (Å²) in [6.07, 6.45) is 1.77. The monoisotopic (exact) mass is 465 g/mol. The first-order valence-electron chi connectivity index (χ1n) is 10.2. The van der Waals surface area contributed by atoms with Gasteiger partial charge in [0.15, 0.2) is 10.8 Å². The summed E-state index contributed by atoms with van der Waals surface area (Å²) >= 11 is 7.39. The maximum absolute atomic E-state index is 13.2. The summed E-state index contributed by atoms with van der Waals surface area (Å²) in [4.78, 5) is 30.5. The van der Waals surface area contributed by atoms with Crippen LogP contribution in [-0.4, -0.2) is 31.0 Å². The van der Waals surface area contributed by atoms with E-state index in [4.69, 9.17) is 16.6 Å². The highest BCUT2D eigenvalue weighted by Gasteiger charge is 2.29. The van der Waals surface area contributed by atoms with Gasteiger partial charge in [-0.1, -0.05) is 53.2 Å². The molecule has 0 spiro atoms. The van der Waals surface area contributed by atoms with Crippen molar-refractivity contribution in [2.45, 2.75) is 31.1 Å². The Morgan fingerprint density at radius 3 is 2.69 bits per heavy atom. The third-order valence-electron chi connectivity index (χ3n) is 5.47. The maximum Gasteiger partial charge on any atom is 0.265 e. The molecule has 3 heterocycles. The molecule has 0 aliphatic carbocycles. The average molecular weight is 466 g/mol. The third-order valence-corrected chi connectivity index (χ3v) is 6.82. The molecule has 4 aromatic rings. The fourth-order valence-corrected chi connectivity index (χ4v) is 5.00. The highest BCUT2D eigenvalue weighted by molar-refractivity contribution is 7.99. The Kier molecular flexibility index (Phi) is 5.48. The molecule has 1 atom stereocenters.